The van der Waals surface area contributed by atoms with Crippen molar-refractivity contribution < 1.29 is 4.79 Å². The highest BCUT2D eigenvalue weighted by atomic mass is 16.2. The number of carbonyl (C=O) groups excluding carboxylic acids is 1. The van der Waals surface area contributed by atoms with Gasteiger partial charge in [-0.2, -0.15) is 0 Å². The molecule has 0 saturated carbocycles. The maximum atomic E-state index is 12.0. The summed E-state index contributed by atoms with van der Waals surface area (Å²) in [5, 5.41) is 2.93. The van der Waals surface area contributed by atoms with Gasteiger partial charge < -0.3 is 10.2 Å². The summed E-state index contributed by atoms with van der Waals surface area (Å²) in [6, 6.07) is 9.63. The number of amides is 2. The number of hydrogen-bond donors (Lipinski definition) is 1. The summed E-state index contributed by atoms with van der Waals surface area (Å²) in [5.74, 6) is 0. The number of nitrogens with zero attached hydrogens (tertiary/aromatic N) is 1. The molecule has 2 rings (SSSR count). The van der Waals surface area contributed by atoms with E-state index in [1.807, 2.05) is 35.2 Å². The van der Waals surface area contributed by atoms with Gasteiger partial charge in [-0.05, 0) is 30.4 Å². The van der Waals surface area contributed by atoms with E-state index in [1.54, 1.807) is 0 Å². The molecule has 0 spiro atoms. The Hall–Kier alpha value is -1.51. The molecule has 3 nitrogen and oxygen atoms in total. The number of urea groups is 1. The molecule has 0 bridgehead atoms. The fraction of sp³-hybridized carbons (Fsp3) is 0.500. The molecule has 1 saturated heterocycles. The third kappa shape index (κ3) is 3.22. The Bertz CT molecular complexity index is 376. The molecule has 1 aromatic carbocycles. The Balaban J connectivity index is 1.90. The van der Waals surface area contributed by atoms with Crippen LogP contribution in [0.15, 0.2) is 30.3 Å². The second kappa shape index (κ2) is 4.78. The van der Waals surface area contributed by atoms with Gasteiger partial charge in [0.05, 0.1) is 0 Å². The van der Waals surface area contributed by atoms with Crippen LogP contribution in [0.5, 0.6) is 0 Å². The van der Waals surface area contributed by atoms with Crippen molar-refractivity contribution in [3.63, 3.8) is 0 Å². The maximum Gasteiger partial charge on any atom is 0.321 e. The summed E-state index contributed by atoms with van der Waals surface area (Å²) < 4.78 is 0. The van der Waals surface area contributed by atoms with Crippen LogP contribution >= 0.6 is 0 Å². The van der Waals surface area contributed by atoms with E-state index in [9.17, 15) is 4.79 Å². The van der Waals surface area contributed by atoms with Gasteiger partial charge in [-0.15, -0.1) is 0 Å². The summed E-state index contributed by atoms with van der Waals surface area (Å²) in [7, 11) is 0. The van der Waals surface area contributed by atoms with Gasteiger partial charge in [0.15, 0.2) is 0 Å². The lowest BCUT2D eigenvalue weighted by Crippen LogP contribution is -2.43. The maximum absolute atomic E-state index is 12.0. The van der Waals surface area contributed by atoms with Gasteiger partial charge in [-0.25, -0.2) is 4.79 Å². The van der Waals surface area contributed by atoms with E-state index in [0.29, 0.717) is 5.41 Å². The molecule has 2 amide bonds. The molecule has 1 aliphatic rings. The van der Waals surface area contributed by atoms with E-state index in [-0.39, 0.29) is 6.03 Å². The molecular formula is C14H20N2O. The third-order valence-corrected chi connectivity index (χ3v) is 3.43. The number of para-hydroxylation sites is 1. The summed E-state index contributed by atoms with van der Waals surface area (Å²) in [6.45, 7) is 6.23. The van der Waals surface area contributed by atoms with Crippen molar-refractivity contribution in [3.05, 3.63) is 30.3 Å². The molecule has 0 unspecified atom stereocenters. The number of carbonyl (C=O) groups is 1. The first-order valence-corrected chi connectivity index (χ1v) is 6.18. The zero-order valence-corrected chi connectivity index (χ0v) is 10.6. The van der Waals surface area contributed by atoms with Gasteiger partial charge in [0.1, 0.15) is 0 Å². The van der Waals surface area contributed by atoms with E-state index in [1.165, 1.54) is 0 Å². The fourth-order valence-electron chi connectivity index (χ4n) is 2.04. The number of rotatable bonds is 1. The Labute approximate surface area is 103 Å². The third-order valence-electron chi connectivity index (χ3n) is 3.43. The Morgan fingerprint density at radius 3 is 2.35 bits per heavy atom. The van der Waals surface area contributed by atoms with Crippen molar-refractivity contribution in [1.82, 2.24) is 4.90 Å². The van der Waals surface area contributed by atoms with Crippen molar-refractivity contribution in [2.45, 2.75) is 26.7 Å². The molecule has 0 aromatic heterocycles. The predicted molar refractivity (Wildman–Crippen MR) is 70.0 cm³/mol. The monoisotopic (exact) mass is 232 g/mol. The highest BCUT2D eigenvalue weighted by molar-refractivity contribution is 5.89. The predicted octanol–water partition coefficient (Wildman–Crippen LogP) is 3.34. The van der Waals surface area contributed by atoms with E-state index in [4.69, 9.17) is 0 Å². The van der Waals surface area contributed by atoms with Crippen molar-refractivity contribution in [2.75, 3.05) is 18.4 Å². The second-order valence-electron chi connectivity index (χ2n) is 5.45. The highest BCUT2D eigenvalue weighted by Gasteiger charge is 2.27. The summed E-state index contributed by atoms with van der Waals surface area (Å²) in [5.41, 5.74) is 1.24. The normalized spacial score (nSPS) is 18.8. The summed E-state index contributed by atoms with van der Waals surface area (Å²) in [4.78, 5) is 13.9. The largest absolute Gasteiger partial charge is 0.324 e. The summed E-state index contributed by atoms with van der Waals surface area (Å²) >= 11 is 0. The Morgan fingerprint density at radius 1 is 1.18 bits per heavy atom. The molecule has 1 aromatic rings. The minimum atomic E-state index is 0.0201. The number of likely N-dealkylation sites (tertiary alicyclic amines) is 1. The number of piperidine rings is 1. The average molecular weight is 232 g/mol. The van der Waals surface area contributed by atoms with Crippen LogP contribution in [0, 0.1) is 5.41 Å². The highest BCUT2D eigenvalue weighted by Crippen LogP contribution is 2.29. The first-order valence-electron chi connectivity index (χ1n) is 6.18. The lowest BCUT2D eigenvalue weighted by atomic mass is 9.83. The first-order chi connectivity index (χ1) is 8.07. The standard InChI is InChI=1S/C14H20N2O/c1-14(2)8-10-16(11-9-14)13(17)15-12-6-4-3-5-7-12/h3-7H,8-11H2,1-2H3,(H,15,17). The smallest absolute Gasteiger partial charge is 0.321 e. The molecule has 17 heavy (non-hydrogen) atoms. The van der Waals surface area contributed by atoms with E-state index in [0.717, 1.165) is 31.6 Å². The first kappa shape index (κ1) is 12.0. The minimum Gasteiger partial charge on any atom is -0.324 e. The second-order valence-corrected chi connectivity index (χ2v) is 5.45. The van der Waals surface area contributed by atoms with Gasteiger partial charge in [0.2, 0.25) is 0 Å². The molecule has 0 atom stereocenters. The molecule has 3 heteroatoms. The van der Waals surface area contributed by atoms with Crippen LogP contribution in [0.4, 0.5) is 10.5 Å². The molecule has 0 aliphatic carbocycles. The molecule has 1 N–H and O–H groups in total. The van der Waals surface area contributed by atoms with Gasteiger partial charge in [0.25, 0.3) is 0 Å². The van der Waals surface area contributed by atoms with Crippen LogP contribution in [0.2, 0.25) is 0 Å². The zero-order chi connectivity index (χ0) is 12.3. The molecule has 92 valence electrons. The zero-order valence-electron chi connectivity index (χ0n) is 10.6. The van der Waals surface area contributed by atoms with Gasteiger partial charge in [-0.1, -0.05) is 32.0 Å². The van der Waals surface area contributed by atoms with Crippen LogP contribution in [-0.4, -0.2) is 24.0 Å². The number of hydrogen-bond acceptors (Lipinski definition) is 1. The van der Waals surface area contributed by atoms with Gasteiger partial charge in [0, 0.05) is 18.8 Å². The van der Waals surface area contributed by atoms with E-state index >= 15 is 0 Å². The molecule has 1 aliphatic heterocycles. The number of anilines is 1. The van der Waals surface area contributed by atoms with Crippen LogP contribution < -0.4 is 5.32 Å². The van der Waals surface area contributed by atoms with Crippen LogP contribution in [0.1, 0.15) is 26.7 Å². The van der Waals surface area contributed by atoms with Crippen molar-refractivity contribution in [3.8, 4) is 0 Å². The number of benzene rings is 1. The number of nitrogens with one attached hydrogen (secondary N) is 1. The Morgan fingerprint density at radius 2 is 1.76 bits per heavy atom. The molecule has 1 heterocycles. The lowest BCUT2D eigenvalue weighted by Gasteiger charge is -2.36. The average Bonchev–Trinajstić information content (AvgIpc) is 2.30. The molecule has 0 radical (unpaired) electrons. The topological polar surface area (TPSA) is 32.3 Å². The van der Waals surface area contributed by atoms with Crippen LogP contribution in [0.25, 0.3) is 0 Å². The molecule has 1 fully saturated rings. The van der Waals surface area contributed by atoms with Crippen molar-refractivity contribution in [1.29, 1.82) is 0 Å². The van der Waals surface area contributed by atoms with E-state index < -0.39 is 0 Å². The lowest BCUT2D eigenvalue weighted by molar-refractivity contribution is 0.149. The van der Waals surface area contributed by atoms with Gasteiger partial charge in [-0.3, -0.25) is 0 Å². The van der Waals surface area contributed by atoms with Crippen LogP contribution in [0.3, 0.4) is 0 Å². The Kier molecular flexibility index (Phi) is 3.36. The molecular weight excluding hydrogens is 212 g/mol. The summed E-state index contributed by atoms with van der Waals surface area (Å²) in [6.07, 6.45) is 2.16. The fourth-order valence-corrected chi connectivity index (χ4v) is 2.04. The van der Waals surface area contributed by atoms with E-state index in [2.05, 4.69) is 19.2 Å². The SMILES string of the molecule is CC1(C)CCN(C(=O)Nc2ccccc2)CC1. The van der Waals surface area contributed by atoms with Crippen molar-refractivity contribution >= 4 is 11.7 Å². The van der Waals surface area contributed by atoms with Crippen LogP contribution in [-0.2, 0) is 0 Å². The van der Waals surface area contributed by atoms with Gasteiger partial charge >= 0.3 is 6.03 Å². The minimum absolute atomic E-state index is 0.0201. The quantitative estimate of drug-likeness (QED) is 0.791. The van der Waals surface area contributed by atoms with Crippen molar-refractivity contribution in [2.24, 2.45) is 5.41 Å².